The molecular formula is C15H18Cl3NO. The number of rotatable bonds is 1. The molecule has 5 heteroatoms. The molecule has 1 unspecified atom stereocenters. The van der Waals surface area contributed by atoms with Gasteiger partial charge in [-0.2, -0.15) is 0 Å². The van der Waals surface area contributed by atoms with Gasteiger partial charge in [-0.05, 0) is 44.9 Å². The molecule has 1 heterocycles. The highest BCUT2D eigenvalue weighted by Gasteiger charge is 2.44. The van der Waals surface area contributed by atoms with Crippen LogP contribution in [0, 0.1) is 6.92 Å². The molecule has 1 N–H and O–H groups in total. The van der Waals surface area contributed by atoms with Gasteiger partial charge in [0.2, 0.25) is 3.79 Å². The number of aliphatic hydroxyl groups excluding tert-OH is 1. The van der Waals surface area contributed by atoms with E-state index >= 15 is 0 Å². The molecule has 0 bridgehead atoms. The normalized spacial score (nSPS) is 19.4. The van der Waals surface area contributed by atoms with E-state index in [0.717, 1.165) is 22.4 Å². The van der Waals surface area contributed by atoms with Crippen molar-refractivity contribution in [2.75, 3.05) is 4.90 Å². The molecule has 2 nitrogen and oxygen atoms in total. The van der Waals surface area contributed by atoms with Gasteiger partial charge < -0.3 is 10.0 Å². The standard InChI is InChI=1S/C15H18Cl3NO/c1-9-5-6-11-10(2)8-14(3,4)19(12(11)7-9)13(20)15(16,17)18/h5-8,13,20H,1-4H3. The Morgan fingerprint density at radius 2 is 1.80 bits per heavy atom. The van der Waals surface area contributed by atoms with Gasteiger partial charge in [-0.25, -0.2) is 0 Å². The van der Waals surface area contributed by atoms with E-state index in [1.165, 1.54) is 0 Å². The first-order valence-electron chi connectivity index (χ1n) is 6.38. The Kier molecular flexibility index (Phi) is 4.07. The van der Waals surface area contributed by atoms with E-state index < -0.39 is 15.6 Å². The molecule has 0 saturated heterocycles. The number of fused-ring (bicyclic) bond motifs is 1. The van der Waals surface area contributed by atoms with Crippen molar-refractivity contribution in [3.05, 3.63) is 35.4 Å². The zero-order valence-electron chi connectivity index (χ0n) is 11.9. The smallest absolute Gasteiger partial charge is 0.234 e. The predicted octanol–water partition coefficient (Wildman–Crippen LogP) is 4.69. The summed E-state index contributed by atoms with van der Waals surface area (Å²) in [5, 5.41) is 10.5. The fourth-order valence-electron chi connectivity index (χ4n) is 2.76. The lowest BCUT2D eigenvalue weighted by Crippen LogP contribution is -2.55. The summed E-state index contributed by atoms with van der Waals surface area (Å²) < 4.78 is -1.78. The van der Waals surface area contributed by atoms with Gasteiger partial charge in [0.25, 0.3) is 0 Å². The van der Waals surface area contributed by atoms with Crippen LogP contribution in [0.3, 0.4) is 0 Å². The molecule has 0 aliphatic carbocycles. The minimum absolute atomic E-state index is 0.450. The van der Waals surface area contributed by atoms with E-state index in [2.05, 4.69) is 13.0 Å². The van der Waals surface area contributed by atoms with Crippen LogP contribution in [0.1, 0.15) is 31.9 Å². The molecule has 110 valence electrons. The molecule has 0 amide bonds. The lowest BCUT2D eigenvalue weighted by Gasteiger charge is -2.47. The van der Waals surface area contributed by atoms with Gasteiger partial charge in [0.05, 0.1) is 5.54 Å². The lowest BCUT2D eigenvalue weighted by molar-refractivity contribution is 0.154. The maximum absolute atomic E-state index is 10.5. The molecule has 0 saturated carbocycles. The summed E-state index contributed by atoms with van der Waals surface area (Å²) in [6.45, 7) is 8.03. The van der Waals surface area contributed by atoms with Crippen LogP contribution in [-0.2, 0) is 0 Å². The third kappa shape index (κ3) is 2.80. The fourth-order valence-corrected chi connectivity index (χ4v) is 3.05. The summed E-state index contributed by atoms with van der Waals surface area (Å²) in [5.74, 6) is 0. The maximum atomic E-state index is 10.5. The lowest BCUT2D eigenvalue weighted by atomic mass is 9.88. The fraction of sp³-hybridized carbons (Fsp3) is 0.467. The van der Waals surface area contributed by atoms with Crippen molar-refractivity contribution < 1.29 is 5.11 Å². The largest absolute Gasteiger partial charge is 0.369 e. The van der Waals surface area contributed by atoms with Crippen LogP contribution in [0.4, 0.5) is 5.69 Å². The molecular weight excluding hydrogens is 317 g/mol. The maximum Gasteiger partial charge on any atom is 0.234 e. The second-order valence-corrected chi connectivity index (χ2v) is 8.16. The average Bonchev–Trinajstić information content (AvgIpc) is 2.25. The van der Waals surface area contributed by atoms with E-state index in [0.29, 0.717) is 0 Å². The highest BCUT2D eigenvalue weighted by molar-refractivity contribution is 6.68. The number of halogens is 3. The summed E-state index contributed by atoms with van der Waals surface area (Å²) in [4.78, 5) is 1.76. The molecule has 0 aromatic heterocycles. The van der Waals surface area contributed by atoms with Crippen LogP contribution in [0.15, 0.2) is 24.3 Å². The SMILES string of the molecule is CC1=CC(C)(C)N(C(O)C(Cl)(Cl)Cl)c2cc(C)ccc21. The van der Waals surface area contributed by atoms with Crippen molar-refractivity contribution in [1.82, 2.24) is 0 Å². The summed E-state index contributed by atoms with van der Waals surface area (Å²) in [6, 6.07) is 6.07. The zero-order chi connectivity index (χ0) is 15.3. The Balaban J connectivity index is 2.64. The minimum Gasteiger partial charge on any atom is -0.369 e. The molecule has 20 heavy (non-hydrogen) atoms. The van der Waals surface area contributed by atoms with Crippen LogP contribution in [0.25, 0.3) is 5.57 Å². The Morgan fingerprint density at radius 1 is 1.20 bits per heavy atom. The summed E-state index contributed by atoms with van der Waals surface area (Å²) >= 11 is 17.7. The average molecular weight is 335 g/mol. The number of hydrogen-bond donors (Lipinski definition) is 1. The van der Waals surface area contributed by atoms with Gasteiger partial charge in [-0.15, -0.1) is 0 Å². The number of aliphatic hydroxyl groups is 1. The predicted molar refractivity (Wildman–Crippen MR) is 87.7 cm³/mol. The van der Waals surface area contributed by atoms with Crippen LogP contribution in [0.5, 0.6) is 0 Å². The summed E-state index contributed by atoms with van der Waals surface area (Å²) in [7, 11) is 0. The van der Waals surface area contributed by atoms with Gasteiger partial charge in [-0.3, -0.25) is 0 Å². The Hall–Kier alpha value is -0.410. The first-order chi connectivity index (χ1) is 9.04. The highest BCUT2D eigenvalue weighted by Crippen LogP contribution is 2.44. The van der Waals surface area contributed by atoms with Crippen molar-refractivity contribution in [1.29, 1.82) is 0 Å². The molecule has 1 aliphatic heterocycles. The first kappa shape index (κ1) is 16.0. The number of hydrogen-bond acceptors (Lipinski definition) is 2. The number of alkyl halides is 3. The second-order valence-electron chi connectivity index (χ2n) is 5.79. The van der Waals surface area contributed by atoms with E-state index in [4.69, 9.17) is 34.8 Å². The van der Waals surface area contributed by atoms with Gasteiger partial charge in [0, 0.05) is 11.3 Å². The van der Waals surface area contributed by atoms with Crippen LogP contribution < -0.4 is 4.90 Å². The molecule has 0 spiro atoms. The minimum atomic E-state index is -1.78. The molecule has 1 atom stereocenters. The number of allylic oxidation sites excluding steroid dienone is 1. The Morgan fingerprint density at radius 3 is 2.35 bits per heavy atom. The van der Waals surface area contributed by atoms with Crippen LogP contribution >= 0.6 is 34.8 Å². The molecule has 0 fully saturated rings. The van der Waals surface area contributed by atoms with Crippen LogP contribution in [-0.4, -0.2) is 20.7 Å². The number of nitrogens with zero attached hydrogens (tertiary/aromatic N) is 1. The van der Waals surface area contributed by atoms with Gasteiger partial charge in [0.15, 0.2) is 6.23 Å². The van der Waals surface area contributed by atoms with Crippen molar-refractivity contribution in [2.24, 2.45) is 0 Å². The van der Waals surface area contributed by atoms with E-state index in [1.807, 2.05) is 39.0 Å². The topological polar surface area (TPSA) is 23.5 Å². The van der Waals surface area contributed by atoms with E-state index in [9.17, 15) is 5.11 Å². The zero-order valence-corrected chi connectivity index (χ0v) is 14.2. The first-order valence-corrected chi connectivity index (χ1v) is 7.52. The number of benzene rings is 1. The molecule has 2 rings (SSSR count). The van der Waals surface area contributed by atoms with E-state index in [1.54, 1.807) is 4.90 Å². The number of anilines is 1. The molecule has 1 aliphatic rings. The Bertz CT molecular complexity index is 561. The van der Waals surface area contributed by atoms with Crippen LogP contribution in [0.2, 0.25) is 0 Å². The van der Waals surface area contributed by atoms with Crippen molar-refractivity contribution >= 4 is 46.1 Å². The van der Waals surface area contributed by atoms with Gasteiger partial charge >= 0.3 is 0 Å². The van der Waals surface area contributed by atoms with E-state index in [-0.39, 0.29) is 0 Å². The molecule has 1 aromatic rings. The monoisotopic (exact) mass is 333 g/mol. The van der Waals surface area contributed by atoms with Crippen molar-refractivity contribution in [2.45, 2.75) is 43.3 Å². The quantitative estimate of drug-likeness (QED) is 0.753. The molecule has 0 radical (unpaired) electrons. The molecule has 1 aromatic carbocycles. The summed E-state index contributed by atoms with van der Waals surface area (Å²) in [5.41, 5.74) is 3.72. The van der Waals surface area contributed by atoms with Crippen molar-refractivity contribution in [3.63, 3.8) is 0 Å². The Labute approximate surface area is 134 Å². The third-order valence-electron chi connectivity index (χ3n) is 3.57. The van der Waals surface area contributed by atoms with Gasteiger partial charge in [-0.1, -0.05) is 53.0 Å². The third-order valence-corrected chi connectivity index (χ3v) is 4.15. The summed E-state index contributed by atoms with van der Waals surface area (Å²) in [6.07, 6.45) is 0.844. The number of aryl methyl sites for hydroxylation is 1. The second kappa shape index (κ2) is 5.10. The highest BCUT2D eigenvalue weighted by atomic mass is 35.6. The van der Waals surface area contributed by atoms with Gasteiger partial charge in [0.1, 0.15) is 0 Å². The van der Waals surface area contributed by atoms with Crippen molar-refractivity contribution in [3.8, 4) is 0 Å².